The van der Waals surface area contributed by atoms with E-state index < -0.39 is 5.60 Å². The highest BCUT2D eigenvalue weighted by Crippen LogP contribution is 2.25. The van der Waals surface area contributed by atoms with Gasteiger partial charge in [0.15, 0.2) is 0 Å². The molecule has 0 spiro atoms. The maximum absolute atomic E-state index is 12.0. The second-order valence-electron chi connectivity index (χ2n) is 4.63. The van der Waals surface area contributed by atoms with Crippen molar-refractivity contribution in [2.75, 3.05) is 13.2 Å². The summed E-state index contributed by atoms with van der Waals surface area (Å²) >= 11 is 1.54. The second kappa shape index (κ2) is 6.20. The fourth-order valence-corrected chi connectivity index (χ4v) is 2.75. The van der Waals surface area contributed by atoms with Gasteiger partial charge in [-0.2, -0.15) is 0 Å². The van der Waals surface area contributed by atoms with Crippen molar-refractivity contribution < 1.29 is 14.6 Å². The molecule has 1 atom stereocenters. The molecular formula is C14H17NO3S. The second-order valence-corrected chi connectivity index (χ2v) is 5.62. The predicted molar refractivity (Wildman–Crippen MR) is 73.7 cm³/mol. The van der Waals surface area contributed by atoms with Crippen LogP contribution in [0.25, 0.3) is 0 Å². The van der Waals surface area contributed by atoms with Gasteiger partial charge >= 0.3 is 0 Å². The van der Waals surface area contributed by atoms with E-state index in [2.05, 4.69) is 17.2 Å². The Morgan fingerprint density at radius 3 is 3.21 bits per heavy atom. The summed E-state index contributed by atoms with van der Waals surface area (Å²) in [6.45, 7) is 2.84. The summed E-state index contributed by atoms with van der Waals surface area (Å²) in [6, 6.07) is 1.92. The van der Waals surface area contributed by atoms with Crippen LogP contribution in [0.15, 0.2) is 11.4 Å². The smallest absolute Gasteiger partial charge is 0.252 e. The van der Waals surface area contributed by atoms with E-state index in [-0.39, 0.29) is 12.5 Å². The van der Waals surface area contributed by atoms with Crippen molar-refractivity contribution in [3.63, 3.8) is 0 Å². The van der Waals surface area contributed by atoms with Gasteiger partial charge in [0.1, 0.15) is 12.2 Å². The maximum atomic E-state index is 12.0. The maximum Gasteiger partial charge on any atom is 0.252 e. The van der Waals surface area contributed by atoms with Crippen LogP contribution in [-0.4, -0.2) is 29.8 Å². The highest BCUT2D eigenvalue weighted by Gasteiger charge is 2.37. The fraction of sp³-hybridized carbons (Fsp3) is 0.500. The fourth-order valence-electron chi connectivity index (χ4n) is 1.99. The van der Waals surface area contributed by atoms with E-state index in [9.17, 15) is 4.79 Å². The number of ether oxygens (including phenoxy) is 1. The van der Waals surface area contributed by atoms with Crippen LogP contribution >= 0.6 is 11.3 Å². The Hall–Kier alpha value is -1.35. The van der Waals surface area contributed by atoms with Crippen LogP contribution in [0, 0.1) is 11.8 Å². The largest absolute Gasteiger partial charge is 0.384 e. The van der Waals surface area contributed by atoms with E-state index in [1.54, 1.807) is 11.3 Å². The van der Waals surface area contributed by atoms with E-state index >= 15 is 0 Å². The topological polar surface area (TPSA) is 58.6 Å². The van der Waals surface area contributed by atoms with Crippen molar-refractivity contribution in [1.82, 2.24) is 5.32 Å². The minimum Gasteiger partial charge on any atom is -0.384 e. The molecule has 0 saturated carbocycles. The van der Waals surface area contributed by atoms with E-state index in [1.165, 1.54) is 0 Å². The molecule has 1 unspecified atom stereocenters. The van der Waals surface area contributed by atoms with E-state index in [0.717, 1.165) is 23.3 Å². The summed E-state index contributed by atoms with van der Waals surface area (Å²) in [4.78, 5) is 13.1. The Bertz CT molecular complexity index is 506. The third-order valence-corrected chi connectivity index (χ3v) is 4.02. The molecule has 1 amide bonds. The number of aliphatic hydroxyl groups is 1. The van der Waals surface area contributed by atoms with Crippen molar-refractivity contribution >= 4 is 17.2 Å². The lowest BCUT2D eigenvalue weighted by Crippen LogP contribution is -2.43. The molecule has 4 nitrogen and oxygen atoms in total. The zero-order chi connectivity index (χ0) is 13.7. The summed E-state index contributed by atoms with van der Waals surface area (Å²) in [5, 5.41) is 13.4. The molecule has 1 saturated heterocycles. The normalized spacial score (nSPS) is 21.8. The highest BCUT2D eigenvalue weighted by molar-refractivity contribution is 7.10. The summed E-state index contributed by atoms with van der Waals surface area (Å²) in [5.41, 5.74) is 0.197. The first-order valence-corrected chi connectivity index (χ1v) is 7.11. The highest BCUT2D eigenvalue weighted by atomic mass is 32.1. The van der Waals surface area contributed by atoms with Gasteiger partial charge < -0.3 is 15.2 Å². The zero-order valence-electron chi connectivity index (χ0n) is 10.9. The third-order valence-electron chi connectivity index (χ3n) is 3.09. The summed E-state index contributed by atoms with van der Waals surface area (Å²) in [7, 11) is 0. The number of carbonyl (C=O) groups excluding carboxylic acids is 1. The van der Waals surface area contributed by atoms with Crippen molar-refractivity contribution in [3.8, 4) is 11.8 Å². The Morgan fingerprint density at radius 1 is 1.68 bits per heavy atom. The number of nitrogens with one attached hydrogen (secondary N) is 1. The van der Waals surface area contributed by atoms with Crippen LogP contribution in [0.4, 0.5) is 0 Å². The van der Waals surface area contributed by atoms with Gasteiger partial charge in [-0.05, 0) is 25.8 Å². The van der Waals surface area contributed by atoms with Gasteiger partial charge in [-0.3, -0.25) is 4.79 Å². The number of rotatable bonds is 3. The number of amides is 1. The standard InChI is InChI=1S/C14H17NO3S/c1-14(5-3-7-18-14)13(17)15-9-12-8-11(10-19-12)4-2-6-16/h8,10,16H,3,5-7,9H2,1H3,(H,15,17). The minimum absolute atomic E-state index is 0.0543. The molecule has 1 aromatic heterocycles. The molecule has 1 aliphatic heterocycles. The van der Waals surface area contributed by atoms with Gasteiger partial charge in [-0.25, -0.2) is 0 Å². The molecular weight excluding hydrogens is 262 g/mol. The number of carbonyl (C=O) groups is 1. The molecule has 2 rings (SSSR count). The molecule has 1 aromatic rings. The SMILES string of the molecule is CC1(C(=O)NCc2cc(C#CCO)cs2)CCCO1. The lowest BCUT2D eigenvalue weighted by molar-refractivity contribution is -0.139. The average Bonchev–Trinajstić information content (AvgIpc) is 3.03. The molecule has 1 aliphatic rings. The third kappa shape index (κ3) is 3.57. The first kappa shape index (κ1) is 14.1. The molecule has 2 N–H and O–H groups in total. The van der Waals surface area contributed by atoms with Crippen LogP contribution in [0.5, 0.6) is 0 Å². The summed E-state index contributed by atoms with van der Waals surface area (Å²) in [5.74, 6) is 5.38. The number of thiophene rings is 1. The molecule has 0 aromatic carbocycles. The molecule has 1 fully saturated rings. The van der Waals surface area contributed by atoms with Crippen molar-refractivity contribution in [3.05, 3.63) is 21.9 Å². The first-order valence-electron chi connectivity index (χ1n) is 6.23. The van der Waals surface area contributed by atoms with Crippen molar-refractivity contribution in [1.29, 1.82) is 0 Å². The van der Waals surface area contributed by atoms with Gasteiger partial charge in [0.05, 0.1) is 6.54 Å². The van der Waals surface area contributed by atoms with Crippen molar-refractivity contribution in [2.45, 2.75) is 31.9 Å². The molecule has 5 heteroatoms. The van der Waals surface area contributed by atoms with Crippen molar-refractivity contribution in [2.24, 2.45) is 0 Å². The molecule has 0 radical (unpaired) electrons. The van der Waals surface area contributed by atoms with E-state index in [4.69, 9.17) is 9.84 Å². The first-order chi connectivity index (χ1) is 9.14. The Morgan fingerprint density at radius 2 is 2.53 bits per heavy atom. The quantitative estimate of drug-likeness (QED) is 0.819. The van der Waals surface area contributed by atoms with Gasteiger partial charge in [0, 0.05) is 22.4 Å². The van der Waals surface area contributed by atoms with Crippen LogP contribution in [0.3, 0.4) is 0 Å². The Balaban J connectivity index is 1.88. The molecule has 0 aliphatic carbocycles. The summed E-state index contributed by atoms with van der Waals surface area (Å²) in [6.07, 6.45) is 1.71. The Labute approximate surface area is 116 Å². The number of aliphatic hydroxyl groups excluding tert-OH is 1. The zero-order valence-corrected chi connectivity index (χ0v) is 11.7. The van der Waals surface area contributed by atoms with Crippen LogP contribution in [-0.2, 0) is 16.1 Å². The molecule has 102 valence electrons. The predicted octanol–water partition coefficient (Wildman–Crippen LogP) is 1.28. The van der Waals surface area contributed by atoms with Gasteiger partial charge in [0.2, 0.25) is 0 Å². The monoisotopic (exact) mass is 279 g/mol. The van der Waals surface area contributed by atoms with Crippen LogP contribution in [0.2, 0.25) is 0 Å². The minimum atomic E-state index is -0.670. The van der Waals surface area contributed by atoms with E-state index in [1.807, 2.05) is 18.4 Å². The van der Waals surface area contributed by atoms with Gasteiger partial charge in [-0.1, -0.05) is 11.8 Å². The Kier molecular flexibility index (Phi) is 4.59. The lowest BCUT2D eigenvalue weighted by Gasteiger charge is -2.21. The molecule has 19 heavy (non-hydrogen) atoms. The van der Waals surface area contributed by atoms with Crippen LogP contribution in [0.1, 0.15) is 30.2 Å². The number of hydrogen-bond acceptors (Lipinski definition) is 4. The van der Waals surface area contributed by atoms with E-state index in [0.29, 0.717) is 13.2 Å². The lowest BCUT2D eigenvalue weighted by atomic mass is 10.0. The molecule has 2 heterocycles. The molecule has 0 bridgehead atoms. The van der Waals surface area contributed by atoms with Gasteiger partial charge in [-0.15, -0.1) is 11.3 Å². The van der Waals surface area contributed by atoms with Crippen LogP contribution < -0.4 is 5.32 Å². The average molecular weight is 279 g/mol. The number of hydrogen-bond donors (Lipinski definition) is 2. The van der Waals surface area contributed by atoms with Gasteiger partial charge in [0.25, 0.3) is 5.91 Å². The summed E-state index contributed by atoms with van der Waals surface area (Å²) < 4.78 is 5.49.